The van der Waals surface area contributed by atoms with Crippen LogP contribution in [0.15, 0.2) is 101 Å². The summed E-state index contributed by atoms with van der Waals surface area (Å²) in [5.74, 6) is 0.391. The molecule has 0 radical (unpaired) electrons. The minimum absolute atomic E-state index is 0.0613. The fourth-order valence-electron chi connectivity index (χ4n) is 3.70. The van der Waals surface area contributed by atoms with Gasteiger partial charge in [-0.2, -0.15) is 22.9 Å². The van der Waals surface area contributed by atoms with Crippen LogP contribution in [-0.2, 0) is 6.18 Å². The Kier molecular flexibility index (Phi) is 6.59. The lowest BCUT2D eigenvalue weighted by Crippen LogP contribution is -2.20. The highest BCUT2D eigenvalue weighted by atomic mass is 19.4. The SMILES string of the molecule is O=c1c2ccccc2nc(-c2cccc(C(F)(F)F)c2)n1N=Cc1cccc(Oc2ccc([N+](=O)[O-])cn2)c1. The molecule has 0 atom stereocenters. The summed E-state index contributed by atoms with van der Waals surface area (Å²) in [6, 6.07) is 20.1. The van der Waals surface area contributed by atoms with E-state index in [0.29, 0.717) is 16.8 Å². The molecule has 194 valence electrons. The van der Waals surface area contributed by atoms with Crippen molar-refractivity contribution in [2.45, 2.75) is 6.18 Å². The monoisotopic (exact) mass is 531 g/mol. The van der Waals surface area contributed by atoms with Gasteiger partial charge in [0.25, 0.3) is 11.2 Å². The molecule has 0 amide bonds. The molecule has 2 aromatic heterocycles. The Morgan fingerprint density at radius 2 is 1.77 bits per heavy atom. The van der Waals surface area contributed by atoms with E-state index >= 15 is 0 Å². The van der Waals surface area contributed by atoms with Gasteiger partial charge in [0.1, 0.15) is 11.9 Å². The zero-order chi connectivity index (χ0) is 27.6. The van der Waals surface area contributed by atoms with Crippen LogP contribution in [0.3, 0.4) is 0 Å². The van der Waals surface area contributed by atoms with Gasteiger partial charge in [-0.15, -0.1) is 0 Å². The minimum atomic E-state index is -4.58. The van der Waals surface area contributed by atoms with E-state index in [1.54, 1.807) is 48.5 Å². The van der Waals surface area contributed by atoms with E-state index in [1.807, 2.05) is 0 Å². The van der Waals surface area contributed by atoms with Crippen molar-refractivity contribution in [1.82, 2.24) is 14.6 Å². The van der Waals surface area contributed by atoms with Crippen LogP contribution in [0.25, 0.3) is 22.3 Å². The van der Waals surface area contributed by atoms with Gasteiger partial charge in [0, 0.05) is 17.7 Å². The maximum absolute atomic E-state index is 13.4. The van der Waals surface area contributed by atoms with Crippen molar-refractivity contribution in [3.05, 3.63) is 123 Å². The molecule has 12 heteroatoms. The Morgan fingerprint density at radius 3 is 2.51 bits per heavy atom. The molecule has 0 bridgehead atoms. The van der Waals surface area contributed by atoms with Crippen molar-refractivity contribution in [3.63, 3.8) is 0 Å². The van der Waals surface area contributed by atoms with Gasteiger partial charge in [-0.05, 0) is 42.0 Å². The summed E-state index contributed by atoms with van der Waals surface area (Å²) in [5, 5.41) is 15.3. The molecule has 39 heavy (non-hydrogen) atoms. The van der Waals surface area contributed by atoms with Crippen LogP contribution in [0, 0.1) is 10.1 Å². The number of ether oxygens (including phenoxy) is 1. The molecule has 0 N–H and O–H groups in total. The third-order valence-corrected chi connectivity index (χ3v) is 5.54. The molecule has 0 saturated carbocycles. The van der Waals surface area contributed by atoms with Crippen LogP contribution in [0.4, 0.5) is 18.9 Å². The molecular weight excluding hydrogens is 515 g/mol. The van der Waals surface area contributed by atoms with E-state index in [-0.39, 0.29) is 28.3 Å². The van der Waals surface area contributed by atoms with E-state index in [0.717, 1.165) is 23.0 Å². The second-order valence-corrected chi connectivity index (χ2v) is 8.18. The first-order chi connectivity index (χ1) is 18.7. The summed E-state index contributed by atoms with van der Waals surface area (Å²) in [7, 11) is 0. The van der Waals surface area contributed by atoms with Gasteiger partial charge in [-0.25, -0.2) is 9.97 Å². The van der Waals surface area contributed by atoms with Crippen molar-refractivity contribution < 1.29 is 22.8 Å². The van der Waals surface area contributed by atoms with Crippen LogP contribution in [0.1, 0.15) is 11.1 Å². The lowest BCUT2D eigenvalue weighted by Gasteiger charge is -2.12. The maximum atomic E-state index is 13.4. The minimum Gasteiger partial charge on any atom is -0.439 e. The Bertz CT molecular complexity index is 1780. The molecule has 0 unspecified atom stereocenters. The molecule has 0 aliphatic heterocycles. The number of hydrogen-bond acceptors (Lipinski definition) is 7. The third-order valence-electron chi connectivity index (χ3n) is 5.54. The summed E-state index contributed by atoms with van der Waals surface area (Å²) in [6.45, 7) is 0. The van der Waals surface area contributed by atoms with Crippen LogP contribution in [0.5, 0.6) is 11.6 Å². The summed E-state index contributed by atoms with van der Waals surface area (Å²) >= 11 is 0. The van der Waals surface area contributed by atoms with Gasteiger partial charge >= 0.3 is 6.18 Å². The predicted molar refractivity (Wildman–Crippen MR) is 137 cm³/mol. The van der Waals surface area contributed by atoms with Gasteiger partial charge < -0.3 is 4.74 Å². The molecule has 5 rings (SSSR count). The molecule has 0 spiro atoms. The van der Waals surface area contributed by atoms with E-state index in [2.05, 4.69) is 15.1 Å². The average Bonchev–Trinajstić information content (AvgIpc) is 2.92. The number of aromatic nitrogens is 3. The number of benzene rings is 3. The molecule has 2 heterocycles. The summed E-state index contributed by atoms with van der Waals surface area (Å²) in [4.78, 5) is 31.9. The highest BCUT2D eigenvalue weighted by molar-refractivity contribution is 5.82. The number of halogens is 3. The van der Waals surface area contributed by atoms with Crippen molar-refractivity contribution in [1.29, 1.82) is 0 Å². The van der Waals surface area contributed by atoms with Crippen LogP contribution in [0.2, 0.25) is 0 Å². The van der Waals surface area contributed by atoms with Gasteiger partial charge in [0.05, 0.1) is 27.6 Å². The molecule has 0 aliphatic carbocycles. The fraction of sp³-hybridized carbons (Fsp3) is 0.0370. The molecule has 0 fully saturated rings. The predicted octanol–water partition coefficient (Wildman–Crippen LogP) is 6.06. The third kappa shape index (κ3) is 5.49. The highest BCUT2D eigenvalue weighted by Crippen LogP contribution is 2.32. The summed E-state index contributed by atoms with van der Waals surface area (Å²) < 4.78 is 46.7. The first kappa shape index (κ1) is 25.3. The van der Waals surface area contributed by atoms with Crippen molar-refractivity contribution >= 4 is 22.8 Å². The highest BCUT2D eigenvalue weighted by Gasteiger charge is 2.31. The Hall–Kier alpha value is -5.39. The second-order valence-electron chi connectivity index (χ2n) is 8.18. The molecule has 0 aliphatic rings. The summed E-state index contributed by atoms with van der Waals surface area (Å²) in [5.41, 5.74) is -0.772. The number of nitro groups is 1. The van der Waals surface area contributed by atoms with Crippen LogP contribution < -0.4 is 10.3 Å². The Morgan fingerprint density at radius 1 is 0.974 bits per heavy atom. The fourth-order valence-corrected chi connectivity index (χ4v) is 3.70. The number of pyridine rings is 1. The zero-order valence-electron chi connectivity index (χ0n) is 19.7. The number of para-hydroxylation sites is 1. The van der Waals surface area contributed by atoms with Crippen molar-refractivity contribution in [3.8, 4) is 23.0 Å². The summed E-state index contributed by atoms with van der Waals surface area (Å²) in [6.07, 6.45) is -2.18. The number of alkyl halides is 3. The first-order valence-electron chi connectivity index (χ1n) is 11.3. The largest absolute Gasteiger partial charge is 0.439 e. The van der Waals surface area contributed by atoms with E-state index < -0.39 is 22.2 Å². The Labute approximate surface area is 217 Å². The lowest BCUT2D eigenvalue weighted by atomic mass is 10.1. The lowest BCUT2D eigenvalue weighted by molar-refractivity contribution is -0.385. The molecule has 0 saturated heterocycles. The normalized spacial score (nSPS) is 11.7. The molecule has 3 aromatic carbocycles. The van der Waals surface area contributed by atoms with Crippen molar-refractivity contribution in [2.75, 3.05) is 0 Å². The number of hydrogen-bond donors (Lipinski definition) is 0. The first-order valence-corrected chi connectivity index (χ1v) is 11.3. The van der Waals surface area contributed by atoms with Gasteiger partial charge in [-0.1, -0.05) is 36.4 Å². The maximum Gasteiger partial charge on any atom is 0.416 e. The number of rotatable bonds is 6. The standard InChI is InChI=1S/C27H16F3N5O4/c28-27(29,30)19-7-4-6-18(14-19)25-33-23-10-2-1-9-22(23)26(36)34(25)32-15-17-5-3-8-21(13-17)39-24-12-11-20(16-31-24)35(37)38/h1-16H. The van der Waals surface area contributed by atoms with Gasteiger partial charge in [0.2, 0.25) is 5.88 Å². The van der Waals surface area contributed by atoms with E-state index in [9.17, 15) is 28.1 Å². The molecular formula is C27H16F3N5O4. The average molecular weight is 531 g/mol. The second kappa shape index (κ2) is 10.2. The molecule has 9 nitrogen and oxygen atoms in total. The van der Waals surface area contributed by atoms with Crippen LogP contribution in [-0.4, -0.2) is 25.8 Å². The topological polar surface area (TPSA) is 113 Å². The smallest absolute Gasteiger partial charge is 0.416 e. The quantitative estimate of drug-likeness (QED) is 0.150. The number of fused-ring (bicyclic) bond motifs is 1. The van der Waals surface area contributed by atoms with Gasteiger partial charge in [0.15, 0.2) is 5.82 Å². The van der Waals surface area contributed by atoms with Gasteiger partial charge in [-0.3, -0.25) is 14.9 Å². The van der Waals surface area contributed by atoms with E-state index in [1.165, 1.54) is 30.5 Å². The zero-order valence-corrected chi connectivity index (χ0v) is 19.7. The molecule has 5 aromatic rings. The van der Waals surface area contributed by atoms with Crippen LogP contribution >= 0.6 is 0 Å². The number of nitrogens with zero attached hydrogens (tertiary/aromatic N) is 5. The van der Waals surface area contributed by atoms with Crippen molar-refractivity contribution in [2.24, 2.45) is 5.10 Å². The van der Waals surface area contributed by atoms with E-state index in [4.69, 9.17) is 4.74 Å². The Balaban J connectivity index is 1.53.